The van der Waals surface area contributed by atoms with E-state index in [-0.39, 0.29) is 17.9 Å². The third kappa shape index (κ3) is 1.99. The van der Waals surface area contributed by atoms with Gasteiger partial charge in [0.05, 0.1) is 12.2 Å². The molecular formula is C13H11N3O4. The number of carbonyl (C=O) groups is 1. The van der Waals surface area contributed by atoms with Gasteiger partial charge in [-0.05, 0) is 25.1 Å². The molecule has 102 valence electrons. The normalized spacial score (nSPS) is 11.1. The van der Waals surface area contributed by atoms with Gasteiger partial charge < -0.3 is 14.1 Å². The van der Waals surface area contributed by atoms with Gasteiger partial charge in [-0.15, -0.1) is 0 Å². The van der Waals surface area contributed by atoms with Crippen molar-refractivity contribution in [1.82, 2.24) is 14.2 Å². The first kappa shape index (κ1) is 12.2. The van der Waals surface area contributed by atoms with Gasteiger partial charge in [-0.1, -0.05) is 0 Å². The summed E-state index contributed by atoms with van der Waals surface area (Å²) < 4.78 is 8.10. The van der Waals surface area contributed by atoms with Crippen LogP contribution in [0.3, 0.4) is 0 Å². The Bertz CT molecular complexity index is 856. The molecule has 20 heavy (non-hydrogen) atoms. The van der Waals surface area contributed by atoms with Gasteiger partial charge in [0.15, 0.2) is 0 Å². The SMILES string of the molecule is Cc1cc2c(=O)n(Cc3ccc(C(=O)O)o3)ccn2n1. The Labute approximate surface area is 112 Å². The van der Waals surface area contributed by atoms with Crippen LogP contribution in [0.4, 0.5) is 0 Å². The maximum atomic E-state index is 12.2. The summed E-state index contributed by atoms with van der Waals surface area (Å²) in [5.74, 6) is -0.870. The number of fused-ring (bicyclic) bond motifs is 1. The summed E-state index contributed by atoms with van der Waals surface area (Å²) >= 11 is 0. The average Bonchev–Trinajstić information content (AvgIpc) is 2.99. The van der Waals surface area contributed by atoms with Crippen molar-refractivity contribution in [1.29, 1.82) is 0 Å². The maximum absolute atomic E-state index is 12.2. The van der Waals surface area contributed by atoms with Crippen LogP contribution >= 0.6 is 0 Å². The zero-order chi connectivity index (χ0) is 14.3. The van der Waals surface area contributed by atoms with Gasteiger partial charge in [0, 0.05) is 12.4 Å². The van der Waals surface area contributed by atoms with E-state index < -0.39 is 5.97 Å². The molecule has 0 spiro atoms. The van der Waals surface area contributed by atoms with E-state index in [2.05, 4.69) is 5.10 Å². The summed E-state index contributed by atoms with van der Waals surface area (Å²) in [6.07, 6.45) is 3.26. The maximum Gasteiger partial charge on any atom is 0.371 e. The Kier molecular flexibility index (Phi) is 2.67. The highest BCUT2D eigenvalue weighted by atomic mass is 16.4. The van der Waals surface area contributed by atoms with Crippen molar-refractivity contribution in [3.05, 3.63) is 58.2 Å². The quantitative estimate of drug-likeness (QED) is 0.773. The summed E-state index contributed by atoms with van der Waals surface area (Å²) in [4.78, 5) is 23.0. The second kappa shape index (κ2) is 4.37. The van der Waals surface area contributed by atoms with E-state index in [0.717, 1.165) is 5.69 Å². The van der Waals surface area contributed by atoms with Crippen LogP contribution in [0.5, 0.6) is 0 Å². The summed E-state index contributed by atoms with van der Waals surface area (Å²) in [5, 5.41) is 12.9. The van der Waals surface area contributed by atoms with Crippen molar-refractivity contribution >= 4 is 11.5 Å². The van der Waals surface area contributed by atoms with E-state index >= 15 is 0 Å². The molecule has 0 bridgehead atoms. The Morgan fingerprint density at radius 3 is 2.90 bits per heavy atom. The second-order valence-corrected chi connectivity index (χ2v) is 4.42. The topological polar surface area (TPSA) is 89.7 Å². The van der Waals surface area contributed by atoms with Crippen LogP contribution in [0.15, 0.2) is 39.8 Å². The van der Waals surface area contributed by atoms with Gasteiger partial charge in [-0.3, -0.25) is 4.79 Å². The van der Waals surface area contributed by atoms with Crippen LogP contribution in [0.25, 0.3) is 5.52 Å². The highest BCUT2D eigenvalue weighted by Crippen LogP contribution is 2.09. The van der Waals surface area contributed by atoms with Crippen molar-refractivity contribution in [2.24, 2.45) is 0 Å². The van der Waals surface area contributed by atoms with Crippen molar-refractivity contribution in [3.8, 4) is 0 Å². The van der Waals surface area contributed by atoms with Crippen molar-refractivity contribution < 1.29 is 14.3 Å². The fraction of sp³-hybridized carbons (Fsp3) is 0.154. The van der Waals surface area contributed by atoms with E-state index in [0.29, 0.717) is 11.3 Å². The van der Waals surface area contributed by atoms with Crippen molar-refractivity contribution in [3.63, 3.8) is 0 Å². The molecule has 0 fully saturated rings. The number of nitrogens with zero attached hydrogens (tertiary/aromatic N) is 3. The molecular weight excluding hydrogens is 262 g/mol. The molecule has 0 saturated carbocycles. The van der Waals surface area contributed by atoms with Gasteiger partial charge in [0.2, 0.25) is 5.76 Å². The predicted octanol–water partition coefficient (Wildman–Crippen LogP) is 1.14. The molecule has 0 radical (unpaired) electrons. The highest BCUT2D eigenvalue weighted by molar-refractivity contribution is 5.84. The zero-order valence-electron chi connectivity index (χ0n) is 10.6. The minimum absolute atomic E-state index is 0.144. The molecule has 7 nitrogen and oxygen atoms in total. The van der Waals surface area contributed by atoms with E-state index in [1.807, 2.05) is 6.92 Å². The van der Waals surface area contributed by atoms with Gasteiger partial charge >= 0.3 is 5.97 Å². The average molecular weight is 273 g/mol. The lowest BCUT2D eigenvalue weighted by Gasteiger charge is -2.03. The Morgan fingerprint density at radius 1 is 1.40 bits per heavy atom. The first-order valence-electron chi connectivity index (χ1n) is 5.92. The monoisotopic (exact) mass is 273 g/mol. The molecule has 3 rings (SSSR count). The van der Waals surface area contributed by atoms with Crippen LogP contribution in [0.2, 0.25) is 0 Å². The molecule has 0 aliphatic carbocycles. The van der Waals surface area contributed by atoms with E-state index in [9.17, 15) is 9.59 Å². The molecule has 0 atom stereocenters. The summed E-state index contributed by atoms with van der Waals surface area (Å²) in [6, 6.07) is 4.61. The number of carboxylic acid groups (broad SMARTS) is 1. The first-order valence-corrected chi connectivity index (χ1v) is 5.92. The van der Waals surface area contributed by atoms with Crippen LogP contribution in [0, 0.1) is 6.92 Å². The number of aromatic nitrogens is 3. The lowest BCUT2D eigenvalue weighted by atomic mass is 10.4. The molecule has 0 amide bonds. The molecule has 0 unspecified atom stereocenters. The van der Waals surface area contributed by atoms with Crippen LogP contribution in [-0.4, -0.2) is 25.3 Å². The highest BCUT2D eigenvalue weighted by Gasteiger charge is 2.11. The number of hydrogen-bond donors (Lipinski definition) is 1. The molecule has 0 aliphatic heterocycles. The molecule has 0 saturated heterocycles. The first-order chi connectivity index (χ1) is 9.54. The second-order valence-electron chi connectivity index (χ2n) is 4.42. The zero-order valence-corrected chi connectivity index (χ0v) is 10.6. The van der Waals surface area contributed by atoms with Gasteiger partial charge in [0.1, 0.15) is 11.3 Å². The number of rotatable bonds is 3. The fourth-order valence-corrected chi connectivity index (χ4v) is 2.02. The van der Waals surface area contributed by atoms with Crippen LogP contribution in [-0.2, 0) is 6.54 Å². The summed E-state index contributed by atoms with van der Waals surface area (Å²) in [6.45, 7) is 1.98. The van der Waals surface area contributed by atoms with E-state index in [4.69, 9.17) is 9.52 Å². The predicted molar refractivity (Wildman–Crippen MR) is 69.0 cm³/mol. The van der Waals surface area contributed by atoms with E-state index in [1.54, 1.807) is 24.5 Å². The Morgan fingerprint density at radius 2 is 2.20 bits per heavy atom. The van der Waals surface area contributed by atoms with Gasteiger partial charge in [-0.25, -0.2) is 9.31 Å². The van der Waals surface area contributed by atoms with Crippen molar-refractivity contribution in [2.45, 2.75) is 13.5 Å². The Balaban J connectivity index is 1.99. The fourth-order valence-electron chi connectivity index (χ4n) is 2.02. The molecule has 3 aromatic heterocycles. The number of hydrogen-bond acceptors (Lipinski definition) is 4. The lowest BCUT2D eigenvalue weighted by Crippen LogP contribution is -2.21. The molecule has 7 heteroatoms. The Hall–Kier alpha value is -2.83. The van der Waals surface area contributed by atoms with Crippen LogP contribution < -0.4 is 5.56 Å². The molecule has 0 aliphatic rings. The van der Waals surface area contributed by atoms with E-state index in [1.165, 1.54) is 15.1 Å². The van der Waals surface area contributed by atoms with Crippen molar-refractivity contribution in [2.75, 3.05) is 0 Å². The summed E-state index contributed by atoms with van der Waals surface area (Å²) in [5.41, 5.74) is 1.02. The smallest absolute Gasteiger partial charge is 0.371 e. The standard InChI is InChI=1S/C13H11N3O4/c1-8-6-10-12(17)15(4-5-16(10)14-8)7-9-2-3-11(20-9)13(18)19/h2-6H,7H2,1H3,(H,18,19). The molecule has 3 aromatic rings. The molecule has 3 heterocycles. The molecule has 1 N–H and O–H groups in total. The largest absolute Gasteiger partial charge is 0.475 e. The number of aryl methyl sites for hydroxylation is 1. The van der Waals surface area contributed by atoms with Gasteiger partial charge in [0.25, 0.3) is 5.56 Å². The van der Waals surface area contributed by atoms with Gasteiger partial charge in [-0.2, -0.15) is 5.10 Å². The minimum atomic E-state index is -1.13. The third-order valence-corrected chi connectivity index (χ3v) is 2.92. The van der Waals surface area contributed by atoms with Crippen LogP contribution in [0.1, 0.15) is 22.0 Å². The lowest BCUT2D eigenvalue weighted by molar-refractivity contribution is 0.0660. The molecule has 0 aromatic carbocycles. The third-order valence-electron chi connectivity index (χ3n) is 2.92. The minimum Gasteiger partial charge on any atom is -0.475 e. The number of aromatic carboxylic acids is 1. The summed E-state index contributed by atoms with van der Waals surface area (Å²) in [7, 11) is 0. The number of furan rings is 1. The number of carboxylic acids is 1.